The van der Waals surface area contributed by atoms with Crippen LogP contribution in [0.4, 0.5) is 5.69 Å². The average molecular weight is 226 g/mol. The molecule has 7 heteroatoms. The van der Waals surface area contributed by atoms with Crippen LogP contribution in [-0.4, -0.2) is 52.5 Å². The van der Waals surface area contributed by atoms with Crippen molar-refractivity contribution in [3.05, 3.63) is 22.5 Å². The van der Waals surface area contributed by atoms with Gasteiger partial charge in [0.1, 0.15) is 12.4 Å². The lowest BCUT2D eigenvalue weighted by molar-refractivity contribution is -0.385. The van der Waals surface area contributed by atoms with Crippen molar-refractivity contribution in [2.24, 2.45) is 0 Å². The summed E-state index contributed by atoms with van der Waals surface area (Å²) in [6.07, 6.45) is 2.71. The molecule has 0 N–H and O–H groups in total. The standard InChI is InChI=1S/C9H14N4O3/c1-11-2-3-16-7-9(11)6-12-5-8(4-10-12)13(14)15/h4-5,9H,2-3,6-7H2,1H3/t9-/m1/s1. The molecule has 0 aliphatic carbocycles. The molecule has 0 saturated carbocycles. The molecule has 1 aromatic heterocycles. The maximum atomic E-state index is 10.5. The molecule has 0 aromatic carbocycles. The van der Waals surface area contributed by atoms with Gasteiger partial charge in [0, 0.05) is 6.54 Å². The van der Waals surface area contributed by atoms with Gasteiger partial charge in [-0.25, -0.2) is 0 Å². The molecule has 1 atom stereocenters. The lowest BCUT2D eigenvalue weighted by Gasteiger charge is -2.32. The average Bonchev–Trinajstić information content (AvgIpc) is 2.70. The summed E-state index contributed by atoms with van der Waals surface area (Å²) >= 11 is 0. The number of morpholine rings is 1. The molecular weight excluding hydrogens is 212 g/mol. The van der Waals surface area contributed by atoms with Crippen molar-refractivity contribution in [1.29, 1.82) is 0 Å². The van der Waals surface area contributed by atoms with Gasteiger partial charge in [-0.15, -0.1) is 0 Å². The summed E-state index contributed by atoms with van der Waals surface area (Å²) in [6, 6.07) is 0.230. The van der Waals surface area contributed by atoms with E-state index in [1.165, 1.54) is 12.4 Å². The molecule has 2 rings (SSSR count). The number of hydrogen-bond acceptors (Lipinski definition) is 5. The third-order valence-electron chi connectivity index (χ3n) is 2.75. The van der Waals surface area contributed by atoms with Gasteiger partial charge in [0.05, 0.1) is 30.7 Å². The molecule has 16 heavy (non-hydrogen) atoms. The number of nitro groups is 1. The molecule has 1 aromatic rings. The number of likely N-dealkylation sites (N-methyl/N-ethyl adjacent to an activating group) is 1. The molecule has 0 unspecified atom stereocenters. The third-order valence-corrected chi connectivity index (χ3v) is 2.75. The lowest BCUT2D eigenvalue weighted by atomic mass is 10.2. The number of ether oxygens (including phenoxy) is 1. The van der Waals surface area contributed by atoms with E-state index in [0.717, 1.165) is 13.2 Å². The highest BCUT2D eigenvalue weighted by Gasteiger charge is 2.21. The Bertz CT molecular complexity index is 379. The molecule has 0 amide bonds. The van der Waals surface area contributed by atoms with Gasteiger partial charge in [-0.2, -0.15) is 5.10 Å². The molecule has 1 saturated heterocycles. The molecule has 0 bridgehead atoms. The van der Waals surface area contributed by atoms with Gasteiger partial charge in [-0.1, -0.05) is 0 Å². The fraction of sp³-hybridized carbons (Fsp3) is 0.667. The molecule has 0 radical (unpaired) electrons. The molecule has 0 spiro atoms. The van der Waals surface area contributed by atoms with Gasteiger partial charge >= 0.3 is 5.69 Å². The van der Waals surface area contributed by atoms with Gasteiger partial charge in [0.25, 0.3) is 0 Å². The van der Waals surface area contributed by atoms with Crippen LogP contribution in [0.2, 0.25) is 0 Å². The quantitative estimate of drug-likeness (QED) is 0.540. The van der Waals surface area contributed by atoms with Crippen molar-refractivity contribution >= 4 is 5.69 Å². The van der Waals surface area contributed by atoms with Gasteiger partial charge in [-0.05, 0) is 7.05 Å². The Kier molecular flexibility index (Phi) is 3.16. The van der Waals surface area contributed by atoms with Crippen molar-refractivity contribution in [2.45, 2.75) is 12.6 Å². The zero-order chi connectivity index (χ0) is 11.5. The van der Waals surface area contributed by atoms with Crippen molar-refractivity contribution in [1.82, 2.24) is 14.7 Å². The van der Waals surface area contributed by atoms with Crippen LogP contribution in [0.5, 0.6) is 0 Å². The molecular formula is C9H14N4O3. The third kappa shape index (κ3) is 2.37. The van der Waals surface area contributed by atoms with Crippen molar-refractivity contribution in [3.8, 4) is 0 Å². The van der Waals surface area contributed by atoms with Crippen LogP contribution in [0.1, 0.15) is 0 Å². The monoisotopic (exact) mass is 226 g/mol. The highest BCUT2D eigenvalue weighted by Crippen LogP contribution is 2.11. The van der Waals surface area contributed by atoms with E-state index in [4.69, 9.17) is 4.74 Å². The van der Waals surface area contributed by atoms with E-state index in [1.54, 1.807) is 4.68 Å². The topological polar surface area (TPSA) is 73.4 Å². The highest BCUT2D eigenvalue weighted by molar-refractivity contribution is 5.20. The second kappa shape index (κ2) is 4.58. The highest BCUT2D eigenvalue weighted by atomic mass is 16.6. The van der Waals surface area contributed by atoms with E-state index in [9.17, 15) is 10.1 Å². The molecule has 2 heterocycles. The van der Waals surface area contributed by atoms with Crippen LogP contribution in [0.15, 0.2) is 12.4 Å². The van der Waals surface area contributed by atoms with E-state index < -0.39 is 4.92 Å². The summed E-state index contributed by atoms with van der Waals surface area (Å²) in [4.78, 5) is 12.2. The van der Waals surface area contributed by atoms with Crippen LogP contribution in [-0.2, 0) is 11.3 Å². The fourth-order valence-electron chi connectivity index (χ4n) is 1.69. The maximum Gasteiger partial charge on any atom is 0.306 e. The van der Waals surface area contributed by atoms with Crippen LogP contribution in [0, 0.1) is 10.1 Å². The summed E-state index contributed by atoms with van der Waals surface area (Å²) < 4.78 is 6.95. The van der Waals surface area contributed by atoms with Crippen LogP contribution < -0.4 is 0 Å². The van der Waals surface area contributed by atoms with E-state index in [1.807, 2.05) is 7.05 Å². The van der Waals surface area contributed by atoms with Crippen molar-refractivity contribution in [2.75, 3.05) is 26.8 Å². The predicted molar refractivity (Wildman–Crippen MR) is 56.1 cm³/mol. The SMILES string of the molecule is CN1CCOC[C@H]1Cn1cc([N+](=O)[O-])cn1. The number of hydrogen-bond donors (Lipinski definition) is 0. The zero-order valence-corrected chi connectivity index (χ0v) is 9.07. The van der Waals surface area contributed by atoms with Crippen LogP contribution in [0.25, 0.3) is 0 Å². The first-order chi connectivity index (χ1) is 7.66. The first-order valence-electron chi connectivity index (χ1n) is 5.11. The summed E-state index contributed by atoms with van der Waals surface area (Å²) in [5, 5.41) is 14.4. The second-order valence-electron chi connectivity index (χ2n) is 3.89. The maximum absolute atomic E-state index is 10.5. The molecule has 1 fully saturated rings. The summed E-state index contributed by atoms with van der Waals surface area (Å²) in [7, 11) is 2.02. The Morgan fingerprint density at radius 1 is 1.75 bits per heavy atom. The summed E-state index contributed by atoms with van der Waals surface area (Å²) in [6.45, 7) is 2.88. The largest absolute Gasteiger partial charge is 0.378 e. The minimum atomic E-state index is -0.440. The first-order valence-corrected chi connectivity index (χ1v) is 5.11. The van der Waals surface area contributed by atoms with E-state index in [0.29, 0.717) is 13.2 Å². The minimum absolute atomic E-state index is 0.0272. The van der Waals surface area contributed by atoms with Crippen LogP contribution in [0.3, 0.4) is 0 Å². The molecule has 1 aliphatic rings. The number of rotatable bonds is 3. The minimum Gasteiger partial charge on any atom is -0.378 e. The van der Waals surface area contributed by atoms with Crippen LogP contribution >= 0.6 is 0 Å². The normalized spacial score (nSPS) is 22.2. The van der Waals surface area contributed by atoms with Gasteiger partial charge in [-0.3, -0.25) is 19.7 Å². The first kappa shape index (κ1) is 11.0. The Morgan fingerprint density at radius 2 is 2.56 bits per heavy atom. The fourth-order valence-corrected chi connectivity index (χ4v) is 1.69. The Hall–Kier alpha value is -1.47. The number of nitrogens with zero attached hydrogens (tertiary/aromatic N) is 4. The molecule has 7 nitrogen and oxygen atoms in total. The van der Waals surface area contributed by atoms with Gasteiger partial charge in [0.15, 0.2) is 0 Å². The molecule has 88 valence electrons. The zero-order valence-electron chi connectivity index (χ0n) is 9.07. The smallest absolute Gasteiger partial charge is 0.306 e. The number of aromatic nitrogens is 2. The second-order valence-corrected chi connectivity index (χ2v) is 3.89. The van der Waals surface area contributed by atoms with E-state index in [-0.39, 0.29) is 11.7 Å². The van der Waals surface area contributed by atoms with Crippen molar-refractivity contribution in [3.63, 3.8) is 0 Å². The predicted octanol–water partition coefficient (Wildman–Crippen LogP) is 0.122. The van der Waals surface area contributed by atoms with Gasteiger partial charge in [0.2, 0.25) is 0 Å². The summed E-state index contributed by atoms with van der Waals surface area (Å²) in [5.41, 5.74) is 0.0272. The Morgan fingerprint density at radius 3 is 3.19 bits per heavy atom. The van der Waals surface area contributed by atoms with E-state index >= 15 is 0 Å². The Labute approximate surface area is 92.7 Å². The van der Waals surface area contributed by atoms with E-state index in [2.05, 4.69) is 10.00 Å². The Balaban J connectivity index is 1.99. The van der Waals surface area contributed by atoms with Gasteiger partial charge < -0.3 is 4.74 Å². The lowest BCUT2D eigenvalue weighted by Crippen LogP contribution is -2.45. The summed E-state index contributed by atoms with van der Waals surface area (Å²) in [5.74, 6) is 0. The van der Waals surface area contributed by atoms with Crippen molar-refractivity contribution < 1.29 is 9.66 Å². The molecule has 1 aliphatic heterocycles.